The topological polar surface area (TPSA) is 49.9 Å². The molecule has 1 fully saturated rings. The van der Waals surface area contributed by atoms with E-state index in [9.17, 15) is 9.59 Å². The Balaban J connectivity index is 1.71. The second kappa shape index (κ2) is 6.08. The zero-order chi connectivity index (χ0) is 15.7. The van der Waals surface area contributed by atoms with Crippen molar-refractivity contribution in [3.8, 4) is 0 Å². The van der Waals surface area contributed by atoms with Crippen LogP contribution in [0.2, 0.25) is 0 Å². The second-order valence-corrected chi connectivity index (χ2v) is 6.12. The van der Waals surface area contributed by atoms with Crippen LogP contribution in [-0.2, 0) is 20.7 Å². The molecule has 5 heteroatoms. The molecular formula is C17H22N2O3. The monoisotopic (exact) mass is 302 g/mol. The van der Waals surface area contributed by atoms with Crippen LogP contribution in [0.25, 0.3) is 0 Å². The van der Waals surface area contributed by atoms with E-state index < -0.39 is 0 Å². The molecule has 0 bridgehead atoms. The highest BCUT2D eigenvalue weighted by molar-refractivity contribution is 6.00. The van der Waals surface area contributed by atoms with Gasteiger partial charge in [-0.25, -0.2) is 0 Å². The molecule has 0 aliphatic carbocycles. The summed E-state index contributed by atoms with van der Waals surface area (Å²) < 4.78 is 5.12. The molecule has 22 heavy (non-hydrogen) atoms. The molecule has 2 amide bonds. The Labute approximate surface area is 130 Å². The summed E-state index contributed by atoms with van der Waals surface area (Å²) in [4.78, 5) is 28.6. The van der Waals surface area contributed by atoms with E-state index >= 15 is 0 Å². The number of rotatable bonds is 4. The highest BCUT2D eigenvalue weighted by Gasteiger charge is 2.39. The van der Waals surface area contributed by atoms with Crippen LogP contribution in [0.5, 0.6) is 0 Å². The van der Waals surface area contributed by atoms with Crippen molar-refractivity contribution < 1.29 is 14.3 Å². The lowest BCUT2D eigenvalue weighted by Crippen LogP contribution is -2.40. The third-order valence-electron chi connectivity index (χ3n) is 4.60. The number of carbonyl (C=O) groups excluding carboxylic acids is 2. The lowest BCUT2D eigenvalue weighted by Gasteiger charge is -2.25. The van der Waals surface area contributed by atoms with E-state index in [-0.39, 0.29) is 23.8 Å². The molecule has 2 aliphatic heterocycles. The highest BCUT2D eigenvalue weighted by atomic mass is 16.5. The molecule has 0 aromatic heterocycles. The van der Waals surface area contributed by atoms with Gasteiger partial charge in [-0.2, -0.15) is 0 Å². The molecular weight excluding hydrogens is 280 g/mol. The van der Waals surface area contributed by atoms with Gasteiger partial charge in [0.05, 0.1) is 18.6 Å². The number of likely N-dealkylation sites (tertiary alicyclic amines) is 1. The van der Waals surface area contributed by atoms with Crippen LogP contribution in [0.4, 0.5) is 5.69 Å². The molecule has 1 aromatic rings. The molecule has 1 saturated heterocycles. The minimum absolute atomic E-state index is 0.0150. The standard InChI is InChI=1S/C17H22N2O3/c1-12(11-22-2)19-10-14(9-16(19)20)17(21)18-8-7-13-5-3-4-6-15(13)18/h3-6,12,14H,7-11H2,1-2H3. The maximum atomic E-state index is 12.8. The number of methoxy groups -OCH3 is 1. The maximum Gasteiger partial charge on any atom is 0.232 e. The van der Waals surface area contributed by atoms with Crippen molar-refractivity contribution in [2.45, 2.75) is 25.8 Å². The fraction of sp³-hybridized carbons (Fsp3) is 0.529. The fourth-order valence-electron chi connectivity index (χ4n) is 3.44. The number of anilines is 1. The predicted molar refractivity (Wildman–Crippen MR) is 83.7 cm³/mol. The van der Waals surface area contributed by atoms with Crippen LogP contribution < -0.4 is 4.90 Å². The van der Waals surface area contributed by atoms with Crippen LogP contribution in [0.15, 0.2) is 24.3 Å². The number of hydrogen-bond acceptors (Lipinski definition) is 3. The van der Waals surface area contributed by atoms with Gasteiger partial charge < -0.3 is 14.5 Å². The van der Waals surface area contributed by atoms with Gasteiger partial charge in [-0.15, -0.1) is 0 Å². The van der Waals surface area contributed by atoms with E-state index in [2.05, 4.69) is 6.07 Å². The quantitative estimate of drug-likeness (QED) is 0.846. The van der Waals surface area contributed by atoms with Crippen molar-refractivity contribution >= 4 is 17.5 Å². The van der Waals surface area contributed by atoms with Crippen LogP contribution in [0, 0.1) is 5.92 Å². The van der Waals surface area contributed by atoms with Crippen molar-refractivity contribution in [1.29, 1.82) is 0 Å². The molecule has 1 aromatic carbocycles. The molecule has 0 spiro atoms. The summed E-state index contributed by atoms with van der Waals surface area (Å²) in [6, 6.07) is 8.02. The highest BCUT2D eigenvalue weighted by Crippen LogP contribution is 2.31. The number of carbonyl (C=O) groups is 2. The largest absolute Gasteiger partial charge is 0.383 e. The van der Waals surface area contributed by atoms with E-state index in [1.54, 1.807) is 12.0 Å². The Morgan fingerprint density at radius 1 is 1.41 bits per heavy atom. The van der Waals surface area contributed by atoms with Crippen LogP contribution in [-0.4, -0.2) is 49.6 Å². The van der Waals surface area contributed by atoms with Crippen molar-refractivity contribution in [3.05, 3.63) is 29.8 Å². The number of amides is 2. The average molecular weight is 302 g/mol. The SMILES string of the molecule is COCC(C)N1CC(C(=O)N2CCc3ccccc32)CC1=O. The second-order valence-electron chi connectivity index (χ2n) is 6.12. The molecule has 0 N–H and O–H groups in total. The van der Waals surface area contributed by atoms with Gasteiger partial charge in [0.1, 0.15) is 0 Å². The van der Waals surface area contributed by atoms with E-state index in [4.69, 9.17) is 4.74 Å². The molecule has 2 unspecified atom stereocenters. The Hall–Kier alpha value is -1.88. The minimum Gasteiger partial charge on any atom is -0.383 e. The van der Waals surface area contributed by atoms with E-state index in [1.165, 1.54) is 5.56 Å². The normalized spacial score (nSPS) is 22.1. The zero-order valence-corrected chi connectivity index (χ0v) is 13.1. The smallest absolute Gasteiger partial charge is 0.232 e. The Kier molecular flexibility index (Phi) is 4.16. The first kappa shape index (κ1) is 15.0. The first-order valence-electron chi connectivity index (χ1n) is 7.79. The third-order valence-corrected chi connectivity index (χ3v) is 4.60. The molecule has 2 heterocycles. The van der Waals surface area contributed by atoms with Crippen molar-refractivity contribution in [2.75, 3.05) is 31.7 Å². The summed E-state index contributed by atoms with van der Waals surface area (Å²) in [6.07, 6.45) is 1.21. The van der Waals surface area contributed by atoms with E-state index in [1.807, 2.05) is 30.0 Å². The van der Waals surface area contributed by atoms with Crippen molar-refractivity contribution in [1.82, 2.24) is 4.90 Å². The van der Waals surface area contributed by atoms with E-state index in [0.29, 0.717) is 19.6 Å². The minimum atomic E-state index is -0.238. The Morgan fingerprint density at radius 2 is 2.18 bits per heavy atom. The van der Waals surface area contributed by atoms with Gasteiger partial charge in [-0.05, 0) is 25.0 Å². The number of hydrogen-bond donors (Lipinski definition) is 0. The summed E-state index contributed by atoms with van der Waals surface area (Å²) >= 11 is 0. The summed E-state index contributed by atoms with van der Waals surface area (Å²) in [5.41, 5.74) is 2.22. The van der Waals surface area contributed by atoms with Gasteiger partial charge >= 0.3 is 0 Å². The van der Waals surface area contributed by atoms with Crippen molar-refractivity contribution in [3.63, 3.8) is 0 Å². The molecule has 0 radical (unpaired) electrons. The van der Waals surface area contributed by atoms with Gasteiger partial charge in [-0.1, -0.05) is 18.2 Å². The summed E-state index contributed by atoms with van der Waals surface area (Å²) in [5.74, 6) is -0.112. The molecule has 0 saturated carbocycles. The zero-order valence-electron chi connectivity index (χ0n) is 13.1. The third kappa shape index (κ3) is 2.61. The van der Waals surface area contributed by atoms with Gasteiger partial charge in [0.15, 0.2) is 0 Å². The van der Waals surface area contributed by atoms with Gasteiger partial charge in [0, 0.05) is 32.3 Å². The first-order valence-corrected chi connectivity index (χ1v) is 7.79. The lowest BCUT2D eigenvalue weighted by molar-refractivity contribution is -0.130. The maximum absolute atomic E-state index is 12.8. The average Bonchev–Trinajstić information content (AvgIpc) is 3.10. The molecule has 118 valence electrons. The molecule has 2 aliphatic rings. The summed E-state index contributed by atoms with van der Waals surface area (Å²) in [5, 5.41) is 0. The Morgan fingerprint density at radius 3 is 2.95 bits per heavy atom. The summed E-state index contributed by atoms with van der Waals surface area (Å²) in [7, 11) is 1.63. The lowest BCUT2D eigenvalue weighted by atomic mass is 10.1. The van der Waals surface area contributed by atoms with E-state index in [0.717, 1.165) is 18.7 Å². The molecule has 3 rings (SSSR count). The van der Waals surface area contributed by atoms with Gasteiger partial charge in [0.25, 0.3) is 0 Å². The molecule has 2 atom stereocenters. The molecule has 5 nitrogen and oxygen atoms in total. The Bertz CT molecular complexity index is 587. The number of benzene rings is 1. The van der Waals surface area contributed by atoms with Crippen LogP contribution in [0.3, 0.4) is 0 Å². The van der Waals surface area contributed by atoms with Crippen LogP contribution in [0.1, 0.15) is 18.9 Å². The number of nitrogens with zero attached hydrogens (tertiary/aromatic N) is 2. The summed E-state index contributed by atoms with van der Waals surface area (Å²) in [6.45, 7) is 3.68. The number of ether oxygens (including phenoxy) is 1. The van der Waals surface area contributed by atoms with Crippen molar-refractivity contribution in [2.24, 2.45) is 5.92 Å². The first-order chi connectivity index (χ1) is 10.6. The van der Waals surface area contributed by atoms with Gasteiger partial charge in [-0.3, -0.25) is 9.59 Å². The van der Waals surface area contributed by atoms with Crippen LogP contribution >= 0.6 is 0 Å². The number of para-hydroxylation sites is 1. The van der Waals surface area contributed by atoms with Gasteiger partial charge in [0.2, 0.25) is 11.8 Å². The number of fused-ring (bicyclic) bond motifs is 1. The predicted octanol–water partition coefficient (Wildman–Crippen LogP) is 1.46. The fourth-order valence-corrected chi connectivity index (χ4v) is 3.44.